The van der Waals surface area contributed by atoms with E-state index < -0.39 is 22.5 Å². The monoisotopic (exact) mass is 348 g/mol. The van der Waals surface area contributed by atoms with Crippen molar-refractivity contribution in [2.24, 2.45) is 0 Å². The molecule has 0 saturated heterocycles. The molecule has 2 aromatic carbocycles. The Bertz CT molecular complexity index is 860. The quantitative estimate of drug-likeness (QED) is 0.734. The van der Waals surface area contributed by atoms with Gasteiger partial charge in [-0.3, -0.25) is 9.59 Å². The van der Waals surface area contributed by atoms with Crippen molar-refractivity contribution in [2.45, 2.75) is 11.8 Å². The predicted octanol–water partition coefficient (Wildman–Crippen LogP) is 1.61. The standard InChI is InChI=1S/C16H16N2O5S/c1-11-4-2-3-5-14(11)16(21)18-12-6-8-13(9-7-12)24(22,23)17-10-15(19)20/h2-9,17H,10H2,1H3,(H,18,21)(H,19,20). The highest BCUT2D eigenvalue weighted by Crippen LogP contribution is 2.16. The molecule has 0 bridgehead atoms. The molecule has 0 saturated carbocycles. The van der Waals surface area contributed by atoms with Gasteiger partial charge in [0.15, 0.2) is 0 Å². The summed E-state index contributed by atoms with van der Waals surface area (Å²) >= 11 is 0. The molecule has 0 aliphatic carbocycles. The molecule has 8 heteroatoms. The van der Waals surface area contributed by atoms with E-state index in [4.69, 9.17) is 5.11 Å². The van der Waals surface area contributed by atoms with Crippen LogP contribution < -0.4 is 10.0 Å². The van der Waals surface area contributed by atoms with Crippen molar-refractivity contribution < 1.29 is 23.1 Å². The van der Waals surface area contributed by atoms with Gasteiger partial charge >= 0.3 is 5.97 Å². The number of rotatable bonds is 6. The first-order chi connectivity index (χ1) is 11.3. The third-order valence-corrected chi connectivity index (χ3v) is 4.64. The number of hydrogen-bond donors (Lipinski definition) is 3. The van der Waals surface area contributed by atoms with Crippen molar-refractivity contribution >= 4 is 27.6 Å². The summed E-state index contributed by atoms with van der Waals surface area (Å²) < 4.78 is 25.7. The smallest absolute Gasteiger partial charge is 0.318 e. The van der Waals surface area contributed by atoms with Crippen LogP contribution >= 0.6 is 0 Å². The second-order valence-corrected chi connectivity index (χ2v) is 6.78. The number of benzene rings is 2. The Balaban J connectivity index is 2.11. The van der Waals surface area contributed by atoms with Crippen LogP contribution in [-0.2, 0) is 14.8 Å². The molecule has 0 fully saturated rings. The summed E-state index contributed by atoms with van der Waals surface area (Å²) in [5.74, 6) is -1.58. The molecule has 126 valence electrons. The van der Waals surface area contributed by atoms with Gasteiger partial charge in [-0.2, -0.15) is 4.72 Å². The second kappa shape index (κ2) is 7.24. The van der Waals surface area contributed by atoms with Gasteiger partial charge in [-0.15, -0.1) is 0 Å². The van der Waals surface area contributed by atoms with E-state index in [0.717, 1.165) is 5.56 Å². The first kappa shape index (κ1) is 17.6. The van der Waals surface area contributed by atoms with Crippen LogP contribution in [0.3, 0.4) is 0 Å². The van der Waals surface area contributed by atoms with Crippen LogP contribution in [0.5, 0.6) is 0 Å². The summed E-state index contributed by atoms with van der Waals surface area (Å²) in [6.07, 6.45) is 0. The lowest BCUT2D eigenvalue weighted by Gasteiger charge is -2.09. The Hall–Kier alpha value is -2.71. The molecule has 0 spiro atoms. The summed E-state index contributed by atoms with van der Waals surface area (Å²) in [6, 6.07) is 12.5. The van der Waals surface area contributed by atoms with Crippen molar-refractivity contribution in [1.29, 1.82) is 0 Å². The Labute approximate surface area is 139 Å². The largest absolute Gasteiger partial charge is 0.480 e. The molecule has 1 amide bonds. The van der Waals surface area contributed by atoms with Gasteiger partial charge in [0.25, 0.3) is 5.91 Å². The van der Waals surface area contributed by atoms with Gasteiger partial charge in [0.1, 0.15) is 6.54 Å². The van der Waals surface area contributed by atoms with Crippen molar-refractivity contribution in [2.75, 3.05) is 11.9 Å². The number of carboxylic acids is 1. The lowest BCUT2D eigenvalue weighted by Crippen LogP contribution is -2.29. The van der Waals surface area contributed by atoms with Crippen molar-refractivity contribution in [3.63, 3.8) is 0 Å². The normalized spacial score (nSPS) is 11.0. The molecule has 0 heterocycles. The van der Waals surface area contributed by atoms with Crippen LogP contribution in [0.15, 0.2) is 53.4 Å². The number of aryl methyl sites for hydroxylation is 1. The molecule has 7 nitrogen and oxygen atoms in total. The highest BCUT2D eigenvalue weighted by Gasteiger charge is 2.15. The van der Waals surface area contributed by atoms with Crippen LogP contribution in [0.25, 0.3) is 0 Å². The molecule has 3 N–H and O–H groups in total. The first-order valence-electron chi connectivity index (χ1n) is 6.98. The SMILES string of the molecule is Cc1ccccc1C(=O)Nc1ccc(S(=O)(=O)NCC(=O)O)cc1. The van der Waals surface area contributed by atoms with E-state index >= 15 is 0 Å². The molecular weight excluding hydrogens is 332 g/mol. The number of anilines is 1. The molecule has 0 aliphatic heterocycles. The zero-order valence-corrected chi connectivity index (χ0v) is 13.6. The summed E-state index contributed by atoms with van der Waals surface area (Å²) in [5.41, 5.74) is 1.78. The maximum Gasteiger partial charge on any atom is 0.318 e. The summed E-state index contributed by atoms with van der Waals surface area (Å²) in [5, 5.41) is 11.2. The zero-order valence-electron chi connectivity index (χ0n) is 12.8. The Kier molecular flexibility index (Phi) is 5.32. The fraction of sp³-hybridized carbons (Fsp3) is 0.125. The van der Waals surface area contributed by atoms with E-state index in [1.165, 1.54) is 24.3 Å². The topological polar surface area (TPSA) is 113 Å². The van der Waals surface area contributed by atoms with E-state index in [9.17, 15) is 18.0 Å². The van der Waals surface area contributed by atoms with E-state index in [1.54, 1.807) is 12.1 Å². The van der Waals surface area contributed by atoms with Crippen molar-refractivity contribution in [1.82, 2.24) is 4.72 Å². The number of nitrogens with one attached hydrogen (secondary N) is 2. The molecule has 2 rings (SSSR count). The summed E-state index contributed by atoms with van der Waals surface area (Å²) in [7, 11) is -3.90. The van der Waals surface area contributed by atoms with E-state index in [2.05, 4.69) is 5.32 Å². The van der Waals surface area contributed by atoms with Gasteiger partial charge in [0.2, 0.25) is 10.0 Å². The number of hydrogen-bond acceptors (Lipinski definition) is 4. The Morgan fingerprint density at radius 1 is 1.04 bits per heavy atom. The molecule has 24 heavy (non-hydrogen) atoms. The fourth-order valence-electron chi connectivity index (χ4n) is 1.98. The lowest BCUT2D eigenvalue weighted by atomic mass is 10.1. The molecular formula is C16H16N2O5S. The van der Waals surface area contributed by atoms with Crippen LogP contribution in [0.1, 0.15) is 15.9 Å². The number of sulfonamides is 1. The van der Waals surface area contributed by atoms with E-state index in [0.29, 0.717) is 11.3 Å². The number of amides is 1. The third kappa shape index (κ3) is 4.40. The molecule has 0 aliphatic rings. The number of carboxylic acid groups (broad SMARTS) is 1. The minimum Gasteiger partial charge on any atom is -0.480 e. The van der Waals surface area contributed by atoms with E-state index in [1.807, 2.05) is 23.8 Å². The van der Waals surface area contributed by atoms with Gasteiger partial charge in [0.05, 0.1) is 4.90 Å². The predicted molar refractivity (Wildman–Crippen MR) is 88.4 cm³/mol. The molecule has 0 atom stereocenters. The van der Waals surface area contributed by atoms with Gasteiger partial charge < -0.3 is 10.4 Å². The lowest BCUT2D eigenvalue weighted by molar-refractivity contribution is -0.135. The van der Waals surface area contributed by atoms with Gasteiger partial charge in [-0.25, -0.2) is 8.42 Å². The minimum atomic E-state index is -3.90. The first-order valence-corrected chi connectivity index (χ1v) is 8.46. The molecule has 0 radical (unpaired) electrons. The Morgan fingerprint density at radius 2 is 1.67 bits per heavy atom. The Morgan fingerprint density at radius 3 is 2.25 bits per heavy atom. The van der Waals surface area contributed by atoms with E-state index in [-0.39, 0.29) is 10.8 Å². The van der Waals surface area contributed by atoms with Crippen LogP contribution in [0, 0.1) is 6.92 Å². The maximum atomic E-state index is 12.2. The van der Waals surface area contributed by atoms with Gasteiger partial charge in [-0.1, -0.05) is 18.2 Å². The minimum absolute atomic E-state index is 0.0855. The van der Waals surface area contributed by atoms with Crippen molar-refractivity contribution in [3.05, 3.63) is 59.7 Å². The fourth-order valence-corrected chi connectivity index (χ4v) is 2.96. The number of carbonyl (C=O) groups is 2. The van der Waals surface area contributed by atoms with Crippen molar-refractivity contribution in [3.8, 4) is 0 Å². The summed E-state index contributed by atoms with van der Waals surface area (Å²) in [4.78, 5) is 22.5. The van der Waals surface area contributed by atoms with Gasteiger partial charge in [0, 0.05) is 11.3 Å². The third-order valence-electron chi connectivity index (χ3n) is 3.23. The van der Waals surface area contributed by atoms with Crippen LogP contribution in [-0.4, -0.2) is 31.9 Å². The summed E-state index contributed by atoms with van der Waals surface area (Å²) in [6.45, 7) is 1.12. The van der Waals surface area contributed by atoms with Gasteiger partial charge in [-0.05, 0) is 42.8 Å². The second-order valence-electron chi connectivity index (χ2n) is 5.01. The molecule has 2 aromatic rings. The van der Waals surface area contributed by atoms with Crippen LogP contribution in [0.4, 0.5) is 5.69 Å². The highest BCUT2D eigenvalue weighted by atomic mass is 32.2. The van der Waals surface area contributed by atoms with Crippen LogP contribution in [0.2, 0.25) is 0 Å². The number of aliphatic carboxylic acids is 1. The average Bonchev–Trinajstić information content (AvgIpc) is 2.54. The number of carbonyl (C=O) groups excluding carboxylic acids is 1. The average molecular weight is 348 g/mol. The molecule has 0 unspecified atom stereocenters. The molecule has 0 aromatic heterocycles. The highest BCUT2D eigenvalue weighted by molar-refractivity contribution is 7.89. The maximum absolute atomic E-state index is 12.2. The zero-order chi connectivity index (χ0) is 17.7.